The van der Waals surface area contributed by atoms with Crippen molar-refractivity contribution in [1.29, 1.82) is 0 Å². The van der Waals surface area contributed by atoms with Gasteiger partial charge >= 0.3 is 0 Å². The van der Waals surface area contributed by atoms with Crippen LogP contribution in [-0.2, 0) is 4.79 Å². The molecule has 1 atom stereocenters. The summed E-state index contributed by atoms with van der Waals surface area (Å²) in [6, 6.07) is 0. The van der Waals surface area contributed by atoms with Crippen LogP contribution in [0.2, 0.25) is 0 Å². The highest BCUT2D eigenvalue weighted by atomic mass is 19.3. The molecule has 14 heavy (non-hydrogen) atoms. The summed E-state index contributed by atoms with van der Waals surface area (Å²) in [5.41, 5.74) is -1.98. The summed E-state index contributed by atoms with van der Waals surface area (Å²) in [4.78, 5) is 12.0. The fraction of sp³-hybridized carbons (Fsp3) is 0.889. The molecule has 1 N–H and O–H groups in total. The molecule has 5 heteroatoms. The average molecular weight is 209 g/mol. The van der Waals surface area contributed by atoms with Crippen molar-refractivity contribution >= 4 is 5.91 Å². The number of nitrogens with zero attached hydrogens (tertiary/aromatic N) is 1. The second kappa shape index (κ2) is 5.24. The molecule has 1 amide bonds. The van der Waals surface area contributed by atoms with Crippen LogP contribution in [0.15, 0.2) is 0 Å². The zero-order chi connectivity index (χ0) is 11.4. The Morgan fingerprint density at radius 1 is 1.50 bits per heavy atom. The van der Waals surface area contributed by atoms with Gasteiger partial charge in [0.25, 0.3) is 6.43 Å². The maximum Gasteiger partial charge on any atom is 0.268 e. The Balaban J connectivity index is 0.000000791. The van der Waals surface area contributed by atoms with Gasteiger partial charge in [-0.05, 0) is 0 Å². The summed E-state index contributed by atoms with van der Waals surface area (Å²) in [5.74, 6) is -0.272. The van der Waals surface area contributed by atoms with Crippen LogP contribution in [-0.4, -0.2) is 41.0 Å². The van der Waals surface area contributed by atoms with E-state index in [9.17, 15) is 18.7 Å². The minimum Gasteiger partial charge on any atom is -0.382 e. The molecule has 1 fully saturated rings. The molecule has 1 heterocycles. The minimum atomic E-state index is -2.78. The van der Waals surface area contributed by atoms with Crippen molar-refractivity contribution in [2.24, 2.45) is 0 Å². The molecule has 0 saturated carbocycles. The highest BCUT2D eigenvalue weighted by Gasteiger charge is 2.44. The lowest BCUT2D eigenvalue weighted by molar-refractivity contribution is -0.131. The first kappa shape index (κ1) is 13.3. The summed E-state index contributed by atoms with van der Waals surface area (Å²) in [6.45, 7) is 5.27. The highest BCUT2D eigenvalue weighted by Crippen LogP contribution is 2.27. The Morgan fingerprint density at radius 3 is 2.21 bits per heavy atom. The van der Waals surface area contributed by atoms with E-state index < -0.39 is 12.0 Å². The first-order valence-electron chi connectivity index (χ1n) is 4.72. The van der Waals surface area contributed by atoms with E-state index in [0.29, 0.717) is 0 Å². The van der Waals surface area contributed by atoms with Crippen molar-refractivity contribution in [3.8, 4) is 0 Å². The van der Waals surface area contributed by atoms with Crippen LogP contribution >= 0.6 is 0 Å². The number of aliphatic hydroxyl groups is 1. The van der Waals surface area contributed by atoms with E-state index in [1.165, 1.54) is 11.8 Å². The smallest absolute Gasteiger partial charge is 0.268 e. The number of carbonyl (C=O) groups is 1. The molecule has 0 bridgehead atoms. The van der Waals surface area contributed by atoms with Crippen molar-refractivity contribution in [2.75, 3.05) is 13.1 Å². The molecular weight excluding hydrogens is 192 g/mol. The van der Waals surface area contributed by atoms with Crippen LogP contribution in [0.4, 0.5) is 8.78 Å². The van der Waals surface area contributed by atoms with Crippen molar-refractivity contribution in [3.05, 3.63) is 0 Å². The molecule has 0 aromatic carbocycles. The van der Waals surface area contributed by atoms with E-state index in [2.05, 4.69) is 0 Å². The molecule has 0 aromatic rings. The van der Waals surface area contributed by atoms with Gasteiger partial charge < -0.3 is 10.0 Å². The Kier molecular flexibility index (Phi) is 4.97. The van der Waals surface area contributed by atoms with Crippen molar-refractivity contribution in [1.82, 2.24) is 4.90 Å². The van der Waals surface area contributed by atoms with Gasteiger partial charge in [0.2, 0.25) is 5.91 Å². The van der Waals surface area contributed by atoms with E-state index in [4.69, 9.17) is 0 Å². The van der Waals surface area contributed by atoms with Crippen molar-refractivity contribution in [3.63, 3.8) is 0 Å². The summed E-state index contributed by atoms with van der Waals surface area (Å²) >= 11 is 0. The second-order valence-electron chi connectivity index (χ2n) is 3.09. The molecule has 0 radical (unpaired) electrons. The average Bonchev–Trinajstić information content (AvgIpc) is 2.53. The molecule has 1 aliphatic heterocycles. The molecule has 0 aromatic heterocycles. The van der Waals surface area contributed by atoms with Crippen LogP contribution in [0.1, 0.15) is 27.2 Å². The second-order valence-corrected chi connectivity index (χ2v) is 3.09. The lowest BCUT2D eigenvalue weighted by atomic mass is 10.1. The molecular formula is C9H17F2NO2. The lowest BCUT2D eigenvalue weighted by Gasteiger charge is -2.21. The van der Waals surface area contributed by atoms with Gasteiger partial charge in [0.15, 0.2) is 0 Å². The predicted octanol–water partition coefficient (Wildman–Crippen LogP) is 1.26. The fourth-order valence-electron chi connectivity index (χ4n) is 1.26. The van der Waals surface area contributed by atoms with Gasteiger partial charge in [-0.15, -0.1) is 0 Å². The van der Waals surface area contributed by atoms with Gasteiger partial charge in [0.05, 0.1) is 6.54 Å². The number of hydrogen-bond acceptors (Lipinski definition) is 2. The lowest BCUT2D eigenvalue weighted by Crippen LogP contribution is -2.41. The number of hydrogen-bond donors (Lipinski definition) is 1. The molecule has 84 valence electrons. The summed E-state index contributed by atoms with van der Waals surface area (Å²) in [6.07, 6.45) is -2.81. The summed E-state index contributed by atoms with van der Waals surface area (Å²) in [7, 11) is 0. The van der Waals surface area contributed by atoms with Crippen LogP contribution in [0.5, 0.6) is 0 Å². The molecule has 3 nitrogen and oxygen atoms in total. The Morgan fingerprint density at radius 2 is 2.00 bits per heavy atom. The van der Waals surface area contributed by atoms with Gasteiger partial charge in [0.1, 0.15) is 5.60 Å². The van der Waals surface area contributed by atoms with Gasteiger partial charge in [0, 0.05) is 19.9 Å². The van der Waals surface area contributed by atoms with Crippen LogP contribution in [0.3, 0.4) is 0 Å². The number of alkyl halides is 2. The summed E-state index contributed by atoms with van der Waals surface area (Å²) in [5, 5.41) is 9.24. The van der Waals surface area contributed by atoms with Gasteiger partial charge in [-0.25, -0.2) is 8.78 Å². The number of carbonyl (C=O) groups excluding carboxylic acids is 1. The summed E-state index contributed by atoms with van der Waals surface area (Å²) < 4.78 is 24.3. The van der Waals surface area contributed by atoms with Crippen molar-refractivity contribution < 1.29 is 18.7 Å². The van der Waals surface area contributed by atoms with Crippen LogP contribution in [0, 0.1) is 0 Å². The third kappa shape index (κ3) is 2.90. The normalized spacial score (nSPS) is 26.1. The number of likely N-dealkylation sites (tertiary alicyclic amines) is 1. The van der Waals surface area contributed by atoms with Gasteiger partial charge in [-0.1, -0.05) is 13.8 Å². The zero-order valence-corrected chi connectivity index (χ0v) is 8.76. The van der Waals surface area contributed by atoms with Gasteiger partial charge in [-0.3, -0.25) is 4.79 Å². The molecule has 1 saturated heterocycles. The maximum atomic E-state index is 12.2. The van der Waals surface area contributed by atoms with Gasteiger partial charge in [-0.2, -0.15) is 0 Å². The fourth-order valence-corrected chi connectivity index (χ4v) is 1.26. The van der Waals surface area contributed by atoms with E-state index >= 15 is 0 Å². The van der Waals surface area contributed by atoms with Crippen molar-refractivity contribution in [2.45, 2.75) is 39.2 Å². The van der Waals surface area contributed by atoms with E-state index in [-0.39, 0.29) is 25.4 Å². The standard InChI is InChI=1S/C7H11F2NO2.C2H6/c1-5(11)10-3-2-7(12,4-10)6(8)9;1-2/h6,12H,2-4H2,1H3;1-2H3. The van der Waals surface area contributed by atoms with Crippen LogP contribution < -0.4 is 0 Å². The first-order chi connectivity index (χ1) is 6.46. The minimum absolute atomic E-state index is 0.0375. The first-order valence-corrected chi connectivity index (χ1v) is 4.72. The number of rotatable bonds is 1. The quantitative estimate of drug-likeness (QED) is 0.706. The van der Waals surface area contributed by atoms with Crippen LogP contribution in [0.25, 0.3) is 0 Å². The number of halogens is 2. The highest BCUT2D eigenvalue weighted by molar-refractivity contribution is 5.73. The third-order valence-corrected chi connectivity index (χ3v) is 2.13. The maximum absolute atomic E-state index is 12.2. The topological polar surface area (TPSA) is 40.5 Å². The molecule has 1 aliphatic rings. The molecule has 1 rings (SSSR count). The molecule has 1 unspecified atom stereocenters. The number of amides is 1. The largest absolute Gasteiger partial charge is 0.382 e. The predicted molar refractivity (Wildman–Crippen MR) is 49.2 cm³/mol. The number of β-amino-alcohol motifs (C(OH)–C–C–N with tert-alkyl or cyclic N) is 1. The third-order valence-electron chi connectivity index (χ3n) is 2.13. The monoisotopic (exact) mass is 209 g/mol. The molecule has 0 spiro atoms. The zero-order valence-electron chi connectivity index (χ0n) is 8.76. The molecule has 0 aliphatic carbocycles. The Hall–Kier alpha value is -0.710. The van der Waals surface area contributed by atoms with E-state index in [1.54, 1.807) is 0 Å². The Labute approximate surface area is 82.7 Å². The van der Waals surface area contributed by atoms with E-state index in [0.717, 1.165) is 0 Å². The SMILES string of the molecule is CC.CC(=O)N1CCC(O)(C(F)F)C1. The Bertz CT molecular complexity index is 199. The van der Waals surface area contributed by atoms with E-state index in [1.807, 2.05) is 13.8 Å².